The maximum Gasteiger partial charge on any atom is 0.143 e. The number of rotatable bonds is 3. The first kappa shape index (κ1) is 15.7. The number of fused-ring (bicyclic) bond motifs is 1. The Bertz CT molecular complexity index is 890. The van der Waals surface area contributed by atoms with Crippen LogP contribution in [0.3, 0.4) is 0 Å². The maximum atomic E-state index is 5.36. The van der Waals surface area contributed by atoms with E-state index >= 15 is 0 Å². The molecule has 1 saturated heterocycles. The number of aromatic amines is 1. The minimum Gasteiger partial charge on any atom is -0.497 e. The Balaban J connectivity index is 1.58. The number of aromatic nitrogens is 3. The number of nitrogens with one attached hydrogen (secondary N) is 1. The van der Waals surface area contributed by atoms with Gasteiger partial charge in [0.05, 0.1) is 12.5 Å². The van der Waals surface area contributed by atoms with Gasteiger partial charge in [0, 0.05) is 43.1 Å². The number of methoxy groups -OCH3 is 1. The van der Waals surface area contributed by atoms with Gasteiger partial charge in [0.1, 0.15) is 23.5 Å². The second-order valence-electron chi connectivity index (χ2n) is 6.60. The van der Waals surface area contributed by atoms with E-state index in [9.17, 15) is 0 Å². The number of hydrogen-bond acceptors (Lipinski definition) is 5. The number of aryl methyl sites for hydroxylation is 1. The molecule has 1 N–H and O–H groups in total. The molecule has 0 bridgehead atoms. The molecule has 0 radical (unpaired) electrons. The molecule has 1 aromatic carbocycles. The van der Waals surface area contributed by atoms with Crippen molar-refractivity contribution in [3.8, 4) is 5.75 Å². The van der Waals surface area contributed by atoms with Crippen molar-refractivity contribution in [1.29, 1.82) is 0 Å². The Labute approximate surface area is 147 Å². The number of benzene rings is 1. The lowest BCUT2D eigenvalue weighted by Gasteiger charge is -2.42. The van der Waals surface area contributed by atoms with Crippen LogP contribution < -0.4 is 14.5 Å². The Morgan fingerprint density at radius 1 is 1.20 bits per heavy atom. The van der Waals surface area contributed by atoms with E-state index in [2.05, 4.69) is 56.8 Å². The zero-order valence-corrected chi connectivity index (χ0v) is 14.9. The van der Waals surface area contributed by atoms with E-state index in [4.69, 9.17) is 4.74 Å². The first-order valence-corrected chi connectivity index (χ1v) is 8.61. The Hall–Kier alpha value is -2.76. The molecule has 3 heterocycles. The summed E-state index contributed by atoms with van der Waals surface area (Å²) >= 11 is 0. The fourth-order valence-corrected chi connectivity index (χ4v) is 3.63. The maximum absolute atomic E-state index is 5.36. The quantitative estimate of drug-likeness (QED) is 0.796. The summed E-state index contributed by atoms with van der Waals surface area (Å²) in [4.78, 5) is 17.0. The lowest BCUT2D eigenvalue weighted by molar-refractivity contribution is 0.414. The monoisotopic (exact) mass is 337 g/mol. The van der Waals surface area contributed by atoms with E-state index in [1.807, 2.05) is 12.1 Å². The Morgan fingerprint density at radius 2 is 2.08 bits per heavy atom. The number of piperazine rings is 1. The third-order valence-electron chi connectivity index (χ3n) is 4.85. The van der Waals surface area contributed by atoms with Crippen LogP contribution in [0, 0.1) is 6.92 Å². The van der Waals surface area contributed by atoms with Crippen LogP contribution in [0.1, 0.15) is 12.6 Å². The van der Waals surface area contributed by atoms with Crippen molar-refractivity contribution < 1.29 is 4.74 Å². The molecule has 6 heteroatoms. The number of nitrogens with zero attached hydrogens (tertiary/aromatic N) is 4. The predicted molar refractivity (Wildman–Crippen MR) is 101 cm³/mol. The number of H-pyrrole nitrogens is 1. The molecule has 0 saturated carbocycles. The van der Waals surface area contributed by atoms with Crippen LogP contribution in [0.15, 0.2) is 36.7 Å². The van der Waals surface area contributed by atoms with Gasteiger partial charge in [-0.15, -0.1) is 0 Å². The molecule has 1 aliphatic rings. The molecule has 3 aromatic rings. The van der Waals surface area contributed by atoms with Crippen LogP contribution in [-0.2, 0) is 0 Å². The average molecular weight is 337 g/mol. The molecule has 0 amide bonds. The zero-order chi connectivity index (χ0) is 17.4. The van der Waals surface area contributed by atoms with Crippen molar-refractivity contribution in [2.75, 3.05) is 36.5 Å². The molecule has 1 unspecified atom stereocenters. The second-order valence-corrected chi connectivity index (χ2v) is 6.60. The first-order valence-electron chi connectivity index (χ1n) is 8.61. The summed E-state index contributed by atoms with van der Waals surface area (Å²) in [6.07, 6.45) is 1.65. The molecule has 130 valence electrons. The highest BCUT2D eigenvalue weighted by molar-refractivity contribution is 5.88. The molecule has 1 atom stereocenters. The summed E-state index contributed by atoms with van der Waals surface area (Å²) in [5.41, 5.74) is 3.22. The van der Waals surface area contributed by atoms with E-state index in [0.29, 0.717) is 6.04 Å². The van der Waals surface area contributed by atoms with Gasteiger partial charge in [-0.05, 0) is 32.0 Å². The van der Waals surface area contributed by atoms with Crippen LogP contribution in [0.4, 0.5) is 11.5 Å². The fourth-order valence-electron chi connectivity index (χ4n) is 3.63. The lowest BCUT2D eigenvalue weighted by Crippen LogP contribution is -2.52. The summed E-state index contributed by atoms with van der Waals surface area (Å²) in [6, 6.07) is 10.8. The van der Waals surface area contributed by atoms with E-state index in [1.165, 1.54) is 5.69 Å². The Morgan fingerprint density at radius 3 is 2.88 bits per heavy atom. The van der Waals surface area contributed by atoms with Gasteiger partial charge in [-0.2, -0.15) is 0 Å². The van der Waals surface area contributed by atoms with Crippen molar-refractivity contribution in [2.24, 2.45) is 0 Å². The van der Waals surface area contributed by atoms with Crippen LogP contribution in [-0.4, -0.2) is 47.7 Å². The summed E-state index contributed by atoms with van der Waals surface area (Å²) < 4.78 is 5.36. The number of hydrogen-bond donors (Lipinski definition) is 1. The standard InChI is InChI=1S/C19H23N5O/c1-13-9-17-18(22-13)20-12-21-19(17)23-7-8-24(14(2)11-23)15-5-4-6-16(10-15)25-3/h4-6,9-10,12,14H,7-8,11H2,1-3H3,(H,20,21,22). The van der Waals surface area contributed by atoms with Crippen molar-refractivity contribution in [3.63, 3.8) is 0 Å². The van der Waals surface area contributed by atoms with Gasteiger partial charge in [0.15, 0.2) is 0 Å². The third kappa shape index (κ3) is 2.88. The third-order valence-corrected chi connectivity index (χ3v) is 4.85. The van der Waals surface area contributed by atoms with E-state index in [0.717, 1.165) is 47.9 Å². The predicted octanol–water partition coefficient (Wildman–Crippen LogP) is 2.99. The topological polar surface area (TPSA) is 57.3 Å². The van der Waals surface area contributed by atoms with Crippen molar-refractivity contribution in [2.45, 2.75) is 19.9 Å². The molecule has 6 nitrogen and oxygen atoms in total. The smallest absolute Gasteiger partial charge is 0.143 e. The van der Waals surface area contributed by atoms with Crippen molar-refractivity contribution in [1.82, 2.24) is 15.0 Å². The van der Waals surface area contributed by atoms with Crippen molar-refractivity contribution in [3.05, 3.63) is 42.4 Å². The first-order chi connectivity index (χ1) is 12.2. The zero-order valence-electron chi connectivity index (χ0n) is 14.9. The van der Waals surface area contributed by atoms with E-state index in [-0.39, 0.29) is 0 Å². The molecular formula is C19H23N5O. The normalized spacial score (nSPS) is 18.0. The number of anilines is 2. The molecule has 25 heavy (non-hydrogen) atoms. The lowest BCUT2D eigenvalue weighted by atomic mass is 10.1. The average Bonchev–Trinajstić information content (AvgIpc) is 3.01. The molecule has 1 fully saturated rings. The molecule has 1 aliphatic heterocycles. The summed E-state index contributed by atoms with van der Waals surface area (Å²) in [5, 5.41) is 1.10. The second kappa shape index (κ2) is 6.27. The minimum absolute atomic E-state index is 0.380. The highest BCUT2D eigenvalue weighted by Gasteiger charge is 2.26. The Kier molecular flexibility index (Phi) is 3.95. The van der Waals surface area contributed by atoms with Gasteiger partial charge in [0.2, 0.25) is 0 Å². The van der Waals surface area contributed by atoms with Gasteiger partial charge in [-0.3, -0.25) is 0 Å². The highest BCUT2D eigenvalue weighted by atomic mass is 16.5. The SMILES string of the molecule is COc1cccc(N2CCN(c3ncnc4[nH]c(C)cc34)CC2C)c1. The summed E-state index contributed by atoms with van der Waals surface area (Å²) in [7, 11) is 1.71. The van der Waals surface area contributed by atoms with E-state index in [1.54, 1.807) is 13.4 Å². The molecule has 2 aromatic heterocycles. The summed E-state index contributed by atoms with van der Waals surface area (Å²) in [5.74, 6) is 1.92. The fraction of sp³-hybridized carbons (Fsp3) is 0.368. The number of ether oxygens (including phenoxy) is 1. The molecule has 0 spiro atoms. The van der Waals surface area contributed by atoms with Crippen LogP contribution in [0.2, 0.25) is 0 Å². The van der Waals surface area contributed by atoms with Gasteiger partial charge < -0.3 is 19.5 Å². The van der Waals surface area contributed by atoms with Gasteiger partial charge in [-0.25, -0.2) is 9.97 Å². The van der Waals surface area contributed by atoms with Crippen molar-refractivity contribution >= 4 is 22.5 Å². The van der Waals surface area contributed by atoms with Crippen LogP contribution in [0.5, 0.6) is 5.75 Å². The largest absolute Gasteiger partial charge is 0.497 e. The molecule has 0 aliphatic carbocycles. The van der Waals surface area contributed by atoms with Crippen LogP contribution in [0.25, 0.3) is 11.0 Å². The van der Waals surface area contributed by atoms with Gasteiger partial charge >= 0.3 is 0 Å². The molecule has 4 rings (SSSR count). The van der Waals surface area contributed by atoms with Gasteiger partial charge in [-0.1, -0.05) is 6.07 Å². The molecular weight excluding hydrogens is 314 g/mol. The highest BCUT2D eigenvalue weighted by Crippen LogP contribution is 2.29. The minimum atomic E-state index is 0.380. The van der Waals surface area contributed by atoms with Gasteiger partial charge in [0.25, 0.3) is 0 Å². The van der Waals surface area contributed by atoms with E-state index < -0.39 is 0 Å². The summed E-state index contributed by atoms with van der Waals surface area (Å²) in [6.45, 7) is 7.11. The van der Waals surface area contributed by atoms with Crippen LogP contribution >= 0.6 is 0 Å².